The third-order valence-corrected chi connectivity index (χ3v) is 2.97. The lowest BCUT2D eigenvalue weighted by Crippen LogP contribution is -2.45. The predicted octanol–water partition coefficient (Wildman–Crippen LogP) is -0.553. The number of hydrogen-bond donors (Lipinski definition) is 1. The normalized spacial score (nSPS) is 40.6. The van der Waals surface area contributed by atoms with E-state index in [9.17, 15) is 4.79 Å². The van der Waals surface area contributed by atoms with Crippen molar-refractivity contribution in [3.63, 3.8) is 0 Å². The Labute approximate surface area is 57.8 Å². The zero-order valence-corrected chi connectivity index (χ0v) is 5.94. The van der Waals surface area contributed by atoms with Gasteiger partial charge in [0.25, 0.3) is 0 Å². The highest BCUT2D eigenvalue weighted by molar-refractivity contribution is 8.07. The molecule has 2 saturated heterocycles. The van der Waals surface area contributed by atoms with Gasteiger partial charge in [0.05, 0.1) is 11.9 Å². The van der Waals surface area contributed by atoms with E-state index in [1.807, 2.05) is 11.9 Å². The first-order chi connectivity index (χ1) is 4.29. The molecule has 2 aliphatic heterocycles. The Bertz CT molecular complexity index is 161. The van der Waals surface area contributed by atoms with Crippen molar-refractivity contribution in [3.8, 4) is 0 Å². The van der Waals surface area contributed by atoms with Crippen molar-refractivity contribution in [2.24, 2.45) is 0 Å². The molecule has 0 aromatic heterocycles. The lowest BCUT2D eigenvalue weighted by molar-refractivity contribution is -0.130. The highest BCUT2D eigenvalue weighted by Crippen LogP contribution is 2.42. The van der Waals surface area contributed by atoms with Gasteiger partial charge in [-0.15, -0.1) is 11.8 Å². The van der Waals surface area contributed by atoms with Crippen LogP contribution in [-0.2, 0) is 4.79 Å². The van der Waals surface area contributed by atoms with Crippen molar-refractivity contribution >= 4 is 17.7 Å². The van der Waals surface area contributed by atoms with Crippen LogP contribution in [-0.4, -0.2) is 35.1 Å². The van der Waals surface area contributed by atoms with E-state index >= 15 is 0 Å². The topological polar surface area (TPSA) is 32.3 Å². The molecule has 9 heavy (non-hydrogen) atoms. The Morgan fingerprint density at radius 1 is 1.89 bits per heavy atom. The standard InChI is InChI=1S/C5H8N2OS/c1-7-3(8)2-6-4-5(7)9-4/h4-6H,2H2,1H3. The minimum absolute atomic E-state index is 0.209. The second kappa shape index (κ2) is 1.64. The zero-order valence-electron chi connectivity index (χ0n) is 5.13. The Hall–Kier alpha value is -0.220. The molecule has 0 aromatic carbocycles. The molecule has 1 N–H and O–H groups in total. The number of carbonyl (C=O) groups excluding carboxylic acids is 1. The largest absolute Gasteiger partial charge is 0.330 e. The van der Waals surface area contributed by atoms with E-state index in [1.165, 1.54) is 0 Å². The number of likely N-dealkylation sites (N-methyl/N-ethyl adjacent to an activating group) is 1. The fraction of sp³-hybridized carbons (Fsp3) is 0.800. The molecule has 50 valence electrons. The average molecular weight is 144 g/mol. The molecule has 0 aromatic rings. The first kappa shape index (κ1) is 5.56. The van der Waals surface area contributed by atoms with Crippen molar-refractivity contribution < 1.29 is 4.79 Å². The summed E-state index contributed by atoms with van der Waals surface area (Å²) in [5.74, 6) is 0.209. The van der Waals surface area contributed by atoms with Crippen molar-refractivity contribution in [1.82, 2.24) is 10.2 Å². The van der Waals surface area contributed by atoms with Gasteiger partial charge in [-0.3, -0.25) is 10.1 Å². The molecule has 1 amide bonds. The molecular formula is C5H8N2OS. The van der Waals surface area contributed by atoms with Crippen LogP contribution in [0.2, 0.25) is 0 Å². The molecule has 2 atom stereocenters. The number of carbonyl (C=O) groups is 1. The fourth-order valence-electron chi connectivity index (χ4n) is 1.00. The third-order valence-electron chi connectivity index (χ3n) is 1.70. The molecule has 0 radical (unpaired) electrons. The van der Waals surface area contributed by atoms with Gasteiger partial charge in [0.1, 0.15) is 5.37 Å². The highest BCUT2D eigenvalue weighted by Gasteiger charge is 2.46. The molecule has 3 nitrogen and oxygen atoms in total. The van der Waals surface area contributed by atoms with E-state index < -0.39 is 0 Å². The summed E-state index contributed by atoms with van der Waals surface area (Å²) in [6, 6.07) is 0. The summed E-state index contributed by atoms with van der Waals surface area (Å²) in [5, 5.41) is 4.08. The third kappa shape index (κ3) is 0.737. The number of nitrogens with zero attached hydrogens (tertiary/aromatic N) is 1. The van der Waals surface area contributed by atoms with Crippen molar-refractivity contribution in [2.45, 2.75) is 10.7 Å². The Balaban J connectivity index is 2.10. The van der Waals surface area contributed by atoms with Crippen LogP contribution in [0.15, 0.2) is 0 Å². The molecule has 2 rings (SSSR count). The maximum absolute atomic E-state index is 10.9. The molecule has 0 bridgehead atoms. The van der Waals surface area contributed by atoms with Gasteiger partial charge >= 0.3 is 0 Å². The van der Waals surface area contributed by atoms with Gasteiger partial charge < -0.3 is 4.90 Å². The molecule has 4 heteroatoms. The average Bonchev–Trinajstić information content (AvgIpc) is 2.58. The number of amides is 1. The fourth-order valence-corrected chi connectivity index (χ4v) is 1.97. The van der Waals surface area contributed by atoms with E-state index in [4.69, 9.17) is 0 Å². The van der Waals surface area contributed by atoms with E-state index in [0.717, 1.165) is 0 Å². The molecular weight excluding hydrogens is 136 g/mol. The van der Waals surface area contributed by atoms with Gasteiger partial charge in [-0.05, 0) is 0 Å². The zero-order chi connectivity index (χ0) is 6.43. The van der Waals surface area contributed by atoms with Crippen LogP contribution in [0.3, 0.4) is 0 Å². The second-order valence-corrected chi connectivity index (χ2v) is 3.60. The first-order valence-corrected chi connectivity index (χ1v) is 3.88. The Kier molecular flexibility index (Phi) is 1.01. The Morgan fingerprint density at radius 2 is 2.67 bits per heavy atom. The monoisotopic (exact) mass is 144 g/mol. The van der Waals surface area contributed by atoms with Gasteiger partial charge in [0, 0.05) is 7.05 Å². The number of piperazine rings is 1. The minimum Gasteiger partial charge on any atom is -0.330 e. The van der Waals surface area contributed by atoms with Crippen LogP contribution in [0.25, 0.3) is 0 Å². The maximum Gasteiger partial charge on any atom is 0.237 e. The van der Waals surface area contributed by atoms with Crippen molar-refractivity contribution in [1.29, 1.82) is 0 Å². The van der Waals surface area contributed by atoms with Crippen molar-refractivity contribution in [3.05, 3.63) is 0 Å². The van der Waals surface area contributed by atoms with Crippen LogP contribution in [0.1, 0.15) is 0 Å². The SMILES string of the molecule is CN1C(=O)CNC2SC21. The quantitative estimate of drug-likeness (QED) is 0.463. The van der Waals surface area contributed by atoms with Crippen LogP contribution in [0.5, 0.6) is 0 Å². The lowest BCUT2D eigenvalue weighted by atomic mass is 10.4. The lowest BCUT2D eigenvalue weighted by Gasteiger charge is -2.20. The number of nitrogens with one attached hydrogen (secondary N) is 1. The first-order valence-electron chi connectivity index (χ1n) is 2.93. The molecule has 0 aliphatic carbocycles. The number of rotatable bonds is 0. The molecule has 2 unspecified atom stereocenters. The summed E-state index contributed by atoms with van der Waals surface area (Å²) in [5.41, 5.74) is 0. The van der Waals surface area contributed by atoms with E-state index in [2.05, 4.69) is 5.32 Å². The van der Waals surface area contributed by atoms with Crippen LogP contribution in [0.4, 0.5) is 0 Å². The van der Waals surface area contributed by atoms with Crippen LogP contribution in [0, 0.1) is 0 Å². The predicted molar refractivity (Wildman–Crippen MR) is 35.9 cm³/mol. The van der Waals surface area contributed by atoms with Gasteiger partial charge in [0.2, 0.25) is 5.91 Å². The number of hydrogen-bond acceptors (Lipinski definition) is 3. The molecule has 2 aliphatic rings. The van der Waals surface area contributed by atoms with Crippen LogP contribution >= 0.6 is 11.8 Å². The Morgan fingerprint density at radius 3 is 3.33 bits per heavy atom. The van der Waals surface area contributed by atoms with E-state index in [0.29, 0.717) is 17.3 Å². The number of fused-ring (bicyclic) bond motifs is 1. The van der Waals surface area contributed by atoms with Gasteiger partial charge in [0.15, 0.2) is 0 Å². The van der Waals surface area contributed by atoms with Gasteiger partial charge in [-0.25, -0.2) is 0 Å². The summed E-state index contributed by atoms with van der Waals surface area (Å²) in [7, 11) is 1.86. The summed E-state index contributed by atoms with van der Waals surface area (Å²) < 4.78 is 0. The second-order valence-electron chi connectivity index (χ2n) is 2.33. The highest BCUT2D eigenvalue weighted by atomic mass is 32.2. The molecule has 0 saturated carbocycles. The van der Waals surface area contributed by atoms with Crippen LogP contribution < -0.4 is 5.32 Å². The van der Waals surface area contributed by atoms with E-state index in [-0.39, 0.29) is 5.91 Å². The summed E-state index contributed by atoms with van der Waals surface area (Å²) in [6.45, 7) is 0.519. The van der Waals surface area contributed by atoms with Gasteiger partial charge in [-0.2, -0.15) is 0 Å². The molecule has 2 heterocycles. The summed E-state index contributed by atoms with van der Waals surface area (Å²) >= 11 is 1.80. The van der Waals surface area contributed by atoms with Crippen molar-refractivity contribution in [2.75, 3.05) is 13.6 Å². The number of thioether (sulfide) groups is 1. The minimum atomic E-state index is 0.209. The molecule has 0 spiro atoms. The molecule has 2 fully saturated rings. The summed E-state index contributed by atoms with van der Waals surface area (Å²) in [4.78, 5) is 12.7. The maximum atomic E-state index is 10.9. The van der Waals surface area contributed by atoms with E-state index in [1.54, 1.807) is 11.8 Å². The smallest absolute Gasteiger partial charge is 0.237 e. The van der Waals surface area contributed by atoms with Gasteiger partial charge in [-0.1, -0.05) is 0 Å². The summed E-state index contributed by atoms with van der Waals surface area (Å²) in [6.07, 6.45) is 0.